The minimum Gasteiger partial charge on any atom is -0.497 e. The first kappa shape index (κ1) is 18.3. The fourth-order valence-corrected chi connectivity index (χ4v) is 2.50. The number of hydrogen-bond acceptors (Lipinski definition) is 4. The summed E-state index contributed by atoms with van der Waals surface area (Å²) in [7, 11) is 3.08. The molecule has 0 aliphatic rings. The SMILES string of the molecule is COc1cccc(C(C)(CC(=O)O)NC(=O)c2ccn(C)c(=O)c2)c1. The molecule has 0 saturated carbocycles. The van der Waals surface area contributed by atoms with Gasteiger partial charge in [-0.25, -0.2) is 0 Å². The Morgan fingerprint density at radius 3 is 2.60 bits per heavy atom. The maximum Gasteiger partial charge on any atom is 0.306 e. The van der Waals surface area contributed by atoms with E-state index in [2.05, 4.69) is 5.32 Å². The smallest absolute Gasteiger partial charge is 0.306 e. The van der Waals surface area contributed by atoms with Crippen LogP contribution in [-0.2, 0) is 17.4 Å². The molecule has 132 valence electrons. The molecule has 7 nitrogen and oxygen atoms in total. The topological polar surface area (TPSA) is 97.6 Å². The number of aryl methyl sites for hydroxylation is 1. The first-order chi connectivity index (χ1) is 11.7. The predicted octanol–water partition coefficient (Wildman–Crippen LogP) is 1.51. The number of carbonyl (C=O) groups is 2. The molecule has 2 N–H and O–H groups in total. The van der Waals surface area contributed by atoms with Crippen LogP contribution >= 0.6 is 0 Å². The van der Waals surface area contributed by atoms with E-state index in [9.17, 15) is 19.5 Å². The Labute approximate surface area is 144 Å². The minimum absolute atomic E-state index is 0.169. The summed E-state index contributed by atoms with van der Waals surface area (Å²) in [4.78, 5) is 35.6. The van der Waals surface area contributed by atoms with Crippen molar-refractivity contribution >= 4 is 11.9 Å². The Bertz CT molecular complexity index is 859. The van der Waals surface area contributed by atoms with Gasteiger partial charge in [0.2, 0.25) is 0 Å². The molecular formula is C18H20N2O5. The maximum atomic E-state index is 12.5. The summed E-state index contributed by atoms with van der Waals surface area (Å²) >= 11 is 0. The van der Waals surface area contributed by atoms with E-state index in [0.717, 1.165) is 0 Å². The quantitative estimate of drug-likeness (QED) is 0.828. The molecule has 2 aromatic rings. The summed E-state index contributed by atoms with van der Waals surface area (Å²) in [5, 5.41) is 12.0. The second-order valence-electron chi connectivity index (χ2n) is 5.95. The van der Waals surface area contributed by atoms with Gasteiger partial charge < -0.3 is 19.7 Å². The molecule has 1 unspecified atom stereocenters. The van der Waals surface area contributed by atoms with Gasteiger partial charge in [-0.3, -0.25) is 14.4 Å². The lowest BCUT2D eigenvalue weighted by atomic mass is 9.88. The highest BCUT2D eigenvalue weighted by Crippen LogP contribution is 2.28. The number of methoxy groups -OCH3 is 1. The summed E-state index contributed by atoms with van der Waals surface area (Å²) in [5.74, 6) is -1.03. The van der Waals surface area contributed by atoms with E-state index in [4.69, 9.17) is 4.74 Å². The number of aliphatic carboxylic acids is 1. The summed E-state index contributed by atoms with van der Waals surface area (Å²) in [6, 6.07) is 9.56. The average Bonchev–Trinajstić information content (AvgIpc) is 2.56. The molecule has 0 bridgehead atoms. The number of carboxylic acids is 1. The largest absolute Gasteiger partial charge is 0.497 e. The van der Waals surface area contributed by atoms with Crippen LogP contribution < -0.4 is 15.6 Å². The third-order valence-corrected chi connectivity index (χ3v) is 3.97. The van der Waals surface area contributed by atoms with Gasteiger partial charge in [0.1, 0.15) is 5.75 Å². The first-order valence-electron chi connectivity index (χ1n) is 7.61. The van der Waals surface area contributed by atoms with Gasteiger partial charge >= 0.3 is 5.97 Å². The van der Waals surface area contributed by atoms with Gasteiger partial charge in [-0.2, -0.15) is 0 Å². The van der Waals surface area contributed by atoms with Gasteiger partial charge in [0, 0.05) is 24.9 Å². The molecule has 0 radical (unpaired) electrons. The highest BCUT2D eigenvalue weighted by atomic mass is 16.5. The fraction of sp³-hybridized carbons (Fsp3) is 0.278. The lowest BCUT2D eigenvalue weighted by Crippen LogP contribution is -2.45. The molecule has 0 fully saturated rings. The number of aromatic nitrogens is 1. The van der Waals surface area contributed by atoms with Crippen molar-refractivity contribution in [1.29, 1.82) is 0 Å². The highest BCUT2D eigenvalue weighted by Gasteiger charge is 2.32. The zero-order chi connectivity index (χ0) is 18.6. The standard InChI is InChI=1S/C18H20N2O5/c1-18(11-16(22)23,13-5-4-6-14(10-13)25-3)19-17(24)12-7-8-20(2)15(21)9-12/h4-10H,11H2,1-3H3,(H,19,24)(H,22,23). The zero-order valence-corrected chi connectivity index (χ0v) is 14.3. The van der Waals surface area contributed by atoms with E-state index in [1.165, 1.54) is 30.0 Å². The molecule has 1 heterocycles. The van der Waals surface area contributed by atoms with Crippen molar-refractivity contribution in [2.45, 2.75) is 18.9 Å². The van der Waals surface area contributed by atoms with E-state index >= 15 is 0 Å². The third-order valence-electron chi connectivity index (χ3n) is 3.97. The summed E-state index contributed by atoms with van der Waals surface area (Å²) < 4.78 is 6.51. The molecule has 7 heteroatoms. The van der Waals surface area contributed by atoms with Crippen molar-refractivity contribution in [2.75, 3.05) is 7.11 Å². The molecule has 1 aromatic heterocycles. The molecule has 0 spiro atoms. The first-order valence-corrected chi connectivity index (χ1v) is 7.61. The van der Waals surface area contributed by atoms with Crippen molar-refractivity contribution < 1.29 is 19.4 Å². The van der Waals surface area contributed by atoms with Gasteiger partial charge in [-0.05, 0) is 30.7 Å². The van der Waals surface area contributed by atoms with Gasteiger partial charge in [-0.1, -0.05) is 12.1 Å². The zero-order valence-electron chi connectivity index (χ0n) is 14.3. The van der Waals surface area contributed by atoms with Crippen LogP contribution in [-0.4, -0.2) is 28.7 Å². The fourth-order valence-electron chi connectivity index (χ4n) is 2.50. The molecule has 2 rings (SSSR count). The molecule has 25 heavy (non-hydrogen) atoms. The number of pyridine rings is 1. The lowest BCUT2D eigenvalue weighted by Gasteiger charge is -2.30. The maximum absolute atomic E-state index is 12.5. The number of carboxylic acid groups (broad SMARTS) is 1. The number of rotatable bonds is 6. The highest BCUT2D eigenvalue weighted by molar-refractivity contribution is 5.94. The summed E-state index contributed by atoms with van der Waals surface area (Å²) in [6.45, 7) is 1.62. The Hall–Kier alpha value is -3.09. The van der Waals surface area contributed by atoms with E-state index < -0.39 is 17.4 Å². The molecule has 1 aromatic carbocycles. The number of carbonyl (C=O) groups excluding carboxylic acids is 1. The minimum atomic E-state index is -1.17. The Morgan fingerprint density at radius 1 is 1.28 bits per heavy atom. The number of ether oxygens (including phenoxy) is 1. The molecule has 0 aliphatic carbocycles. The monoisotopic (exact) mass is 344 g/mol. The number of hydrogen-bond donors (Lipinski definition) is 2. The van der Waals surface area contributed by atoms with Crippen LogP contribution in [0.25, 0.3) is 0 Å². The van der Waals surface area contributed by atoms with Gasteiger partial charge in [0.25, 0.3) is 11.5 Å². The van der Waals surface area contributed by atoms with Crippen molar-refractivity contribution in [2.24, 2.45) is 7.05 Å². The van der Waals surface area contributed by atoms with Crippen molar-refractivity contribution in [3.8, 4) is 5.75 Å². The van der Waals surface area contributed by atoms with Gasteiger partial charge in [0.15, 0.2) is 0 Å². The van der Waals surface area contributed by atoms with E-state index in [1.54, 1.807) is 38.2 Å². The van der Waals surface area contributed by atoms with Crippen LogP contribution in [0.4, 0.5) is 0 Å². The van der Waals surface area contributed by atoms with E-state index in [-0.39, 0.29) is 17.5 Å². The third kappa shape index (κ3) is 4.26. The van der Waals surface area contributed by atoms with Crippen LogP contribution in [0, 0.1) is 0 Å². The Morgan fingerprint density at radius 2 is 2.00 bits per heavy atom. The van der Waals surface area contributed by atoms with Gasteiger partial charge in [-0.15, -0.1) is 0 Å². The summed E-state index contributed by atoms with van der Waals surface area (Å²) in [6.07, 6.45) is 1.16. The van der Waals surface area contributed by atoms with Crippen LogP contribution in [0.15, 0.2) is 47.4 Å². The van der Waals surface area contributed by atoms with Crippen molar-refractivity contribution in [3.63, 3.8) is 0 Å². The number of amides is 1. The predicted molar refractivity (Wildman–Crippen MR) is 91.7 cm³/mol. The average molecular weight is 344 g/mol. The molecular weight excluding hydrogens is 324 g/mol. The normalized spacial score (nSPS) is 12.9. The van der Waals surface area contributed by atoms with Crippen LogP contribution in [0.5, 0.6) is 5.75 Å². The van der Waals surface area contributed by atoms with Crippen LogP contribution in [0.1, 0.15) is 29.3 Å². The Kier molecular flexibility index (Phi) is 5.26. The molecule has 1 atom stereocenters. The van der Waals surface area contributed by atoms with E-state index in [1.807, 2.05) is 0 Å². The van der Waals surface area contributed by atoms with Crippen molar-refractivity contribution in [1.82, 2.24) is 9.88 Å². The molecule has 0 aliphatic heterocycles. The second-order valence-corrected chi connectivity index (χ2v) is 5.95. The second kappa shape index (κ2) is 7.21. The Balaban J connectivity index is 2.39. The lowest BCUT2D eigenvalue weighted by molar-refractivity contribution is -0.138. The summed E-state index contributed by atoms with van der Waals surface area (Å²) in [5.41, 5.74) is -0.735. The van der Waals surface area contributed by atoms with Crippen LogP contribution in [0.3, 0.4) is 0 Å². The molecule has 0 saturated heterocycles. The molecule has 1 amide bonds. The van der Waals surface area contributed by atoms with Crippen LogP contribution in [0.2, 0.25) is 0 Å². The van der Waals surface area contributed by atoms with E-state index in [0.29, 0.717) is 11.3 Å². The number of nitrogens with one attached hydrogen (secondary N) is 1. The van der Waals surface area contributed by atoms with Crippen molar-refractivity contribution in [3.05, 3.63) is 64.1 Å². The number of benzene rings is 1. The van der Waals surface area contributed by atoms with Gasteiger partial charge in [0.05, 0.1) is 19.1 Å². The number of nitrogens with zero attached hydrogens (tertiary/aromatic N) is 1.